The molecule has 0 radical (unpaired) electrons. The monoisotopic (exact) mass is 478 g/mol. The lowest BCUT2D eigenvalue weighted by Gasteiger charge is -2.50. The molecule has 3 aliphatic carbocycles. The highest BCUT2D eigenvalue weighted by atomic mass is 16.4. The Hall–Kier alpha value is -2.33. The van der Waals surface area contributed by atoms with Crippen molar-refractivity contribution >= 4 is 5.97 Å². The number of hydrogen-bond acceptors (Lipinski definition) is 3. The summed E-state index contributed by atoms with van der Waals surface area (Å²) >= 11 is 0. The molecular formula is C31H42O4. The van der Waals surface area contributed by atoms with Crippen LogP contribution in [-0.2, 0) is 17.6 Å². The van der Waals surface area contributed by atoms with Crippen LogP contribution in [0.3, 0.4) is 0 Å². The van der Waals surface area contributed by atoms with Gasteiger partial charge >= 0.3 is 5.97 Å². The van der Waals surface area contributed by atoms with Crippen molar-refractivity contribution in [2.45, 2.75) is 90.6 Å². The summed E-state index contributed by atoms with van der Waals surface area (Å²) in [7, 11) is 0. The van der Waals surface area contributed by atoms with E-state index in [0.717, 1.165) is 37.2 Å². The number of carboxylic acids is 1. The zero-order valence-corrected chi connectivity index (χ0v) is 21.7. The van der Waals surface area contributed by atoms with Crippen molar-refractivity contribution in [2.24, 2.45) is 23.2 Å². The van der Waals surface area contributed by atoms with Gasteiger partial charge in [-0.15, -0.1) is 0 Å². The fraction of sp³-hybridized carbons (Fsp3) is 0.581. The number of hydrogen-bond donors (Lipinski definition) is 3. The van der Waals surface area contributed by atoms with Crippen molar-refractivity contribution in [3.63, 3.8) is 0 Å². The van der Waals surface area contributed by atoms with E-state index < -0.39 is 11.9 Å². The van der Waals surface area contributed by atoms with Gasteiger partial charge in [-0.25, -0.2) is 0 Å². The maximum Gasteiger partial charge on any atom is 0.310 e. The van der Waals surface area contributed by atoms with Crippen LogP contribution in [0, 0.1) is 23.2 Å². The first-order valence-corrected chi connectivity index (χ1v) is 13.4. The molecule has 0 aliphatic heterocycles. The van der Waals surface area contributed by atoms with Crippen LogP contribution in [0.4, 0.5) is 0 Å². The molecule has 0 spiro atoms. The van der Waals surface area contributed by atoms with Crippen LogP contribution in [0.2, 0.25) is 0 Å². The number of fused-ring (bicyclic) bond motifs is 5. The fourth-order valence-electron chi connectivity index (χ4n) is 7.10. The van der Waals surface area contributed by atoms with Crippen molar-refractivity contribution in [1.29, 1.82) is 0 Å². The molecule has 4 heteroatoms. The smallest absolute Gasteiger partial charge is 0.310 e. The van der Waals surface area contributed by atoms with Gasteiger partial charge in [-0.1, -0.05) is 51.1 Å². The van der Waals surface area contributed by atoms with E-state index in [4.69, 9.17) is 5.11 Å². The van der Waals surface area contributed by atoms with E-state index in [1.807, 2.05) is 36.4 Å². The van der Waals surface area contributed by atoms with Gasteiger partial charge in [0.2, 0.25) is 0 Å². The van der Waals surface area contributed by atoms with Gasteiger partial charge in [-0.3, -0.25) is 4.79 Å². The van der Waals surface area contributed by atoms with E-state index in [1.165, 1.54) is 36.0 Å². The molecule has 0 saturated heterocycles. The highest BCUT2D eigenvalue weighted by Crippen LogP contribution is 2.60. The van der Waals surface area contributed by atoms with Crippen LogP contribution in [0.25, 0.3) is 0 Å². The lowest BCUT2D eigenvalue weighted by Crippen LogP contribution is -2.43. The second-order valence-corrected chi connectivity index (χ2v) is 11.8. The molecule has 3 N–H and O–H groups in total. The second kappa shape index (κ2) is 10.3. The average molecular weight is 479 g/mol. The lowest BCUT2D eigenvalue weighted by molar-refractivity contribution is -0.138. The standard InChI is InChI=1S/C18H24O2.C13H18O2/c1-18-9-8-14-13-5-3-12(19)10-11(13)2-4-15(14)16(18)6-7-17(18)20;1-9(2)8-11-4-6-12(7-5-11)10(3)13(14)15/h3,5,10,14-17,19-20H,2,4,6-9H2,1H3;4-7,9-10H,8H2,1-3H3,(H,14,15)/t14-,15-,16+,17+,18+;10-/m10/s1. The molecule has 6 atom stereocenters. The van der Waals surface area contributed by atoms with Gasteiger partial charge in [-0.2, -0.15) is 0 Å². The van der Waals surface area contributed by atoms with Crippen molar-refractivity contribution in [3.8, 4) is 5.75 Å². The summed E-state index contributed by atoms with van der Waals surface area (Å²) in [5.74, 6) is 1.93. The lowest BCUT2D eigenvalue weighted by atomic mass is 9.55. The zero-order valence-electron chi connectivity index (χ0n) is 21.7. The minimum Gasteiger partial charge on any atom is -0.508 e. The second-order valence-electron chi connectivity index (χ2n) is 11.8. The Morgan fingerprint density at radius 2 is 1.74 bits per heavy atom. The van der Waals surface area contributed by atoms with Crippen molar-refractivity contribution in [3.05, 3.63) is 64.7 Å². The van der Waals surface area contributed by atoms with Crippen LogP contribution < -0.4 is 0 Å². The molecule has 190 valence electrons. The molecule has 4 nitrogen and oxygen atoms in total. The van der Waals surface area contributed by atoms with E-state index in [9.17, 15) is 15.0 Å². The number of aliphatic hydroxyl groups excluding tert-OH is 1. The normalized spacial score (nSPS) is 29.9. The van der Waals surface area contributed by atoms with Gasteiger partial charge in [0.1, 0.15) is 5.75 Å². The van der Waals surface area contributed by atoms with Crippen LogP contribution in [-0.4, -0.2) is 27.4 Å². The summed E-state index contributed by atoms with van der Waals surface area (Å²) in [6.45, 7) is 8.37. The summed E-state index contributed by atoms with van der Waals surface area (Å²) < 4.78 is 0. The predicted octanol–water partition coefficient (Wildman–Crippen LogP) is 6.68. The number of phenolic OH excluding ortho intramolecular Hbond substituents is 1. The molecule has 0 bridgehead atoms. The molecule has 2 fully saturated rings. The Morgan fingerprint density at radius 1 is 1.03 bits per heavy atom. The molecule has 2 saturated carbocycles. The number of carbonyl (C=O) groups is 1. The molecule has 5 rings (SSSR count). The number of carboxylic acid groups (broad SMARTS) is 1. The minimum atomic E-state index is -0.772. The predicted molar refractivity (Wildman–Crippen MR) is 140 cm³/mol. The van der Waals surface area contributed by atoms with Crippen molar-refractivity contribution in [1.82, 2.24) is 0 Å². The van der Waals surface area contributed by atoms with Gasteiger partial charge in [-0.05, 0) is 115 Å². The third kappa shape index (κ3) is 5.28. The summed E-state index contributed by atoms with van der Waals surface area (Å²) in [6, 6.07) is 13.8. The van der Waals surface area contributed by atoms with Crippen LogP contribution >= 0.6 is 0 Å². The Kier molecular flexibility index (Phi) is 7.61. The van der Waals surface area contributed by atoms with E-state index in [2.05, 4.69) is 26.8 Å². The molecule has 0 amide bonds. The van der Waals surface area contributed by atoms with Gasteiger partial charge < -0.3 is 15.3 Å². The van der Waals surface area contributed by atoms with Crippen molar-refractivity contribution < 1.29 is 20.1 Å². The number of aliphatic hydroxyl groups is 1. The van der Waals surface area contributed by atoms with Crippen LogP contribution in [0.1, 0.15) is 93.9 Å². The first kappa shape index (κ1) is 25.8. The van der Waals surface area contributed by atoms with E-state index in [1.54, 1.807) is 6.92 Å². The Balaban J connectivity index is 0.000000174. The summed E-state index contributed by atoms with van der Waals surface area (Å²) in [5.41, 5.74) is 5.13. The third-order valence-corrected chi connectivity index (χ3v) is 9.15. The Labute approximate surface area is 210 Å². The molecule has 2 aromatic carbocycles. The molecule has 0 aromatic heterocycles. The highest BCUT2D eigenvalue weighted by Gasteiger charge is 2.54. The molecular weight excluding hydrogens is 436 g/mol. The molecule has 35 heavy (non-hydrogen) atoms. The van der Waals surface area contributed by atoms with E-state index >= 15 is 0 Å². The zero-order chi connectivity index (χ0) is 25.3. The maximum absolute atomic E-state index is 10.8. The first-order valence-electron chi connectivity index (χ1n) is 13.4. The molecule has 0 heterocycles. The summed E-state index contributed by atoms with van der Waals surface area (Å²) in [5, 5.41) is 28.9. The molecule has 2 aromatic rings. The van der Waals surface area contributed by atoms with Crippen LogP contribution in [0.5, 0.6) is 5.75 Å². The van der Waals surface area contributed by atoms with Gasteiger partial charge in [0.05, 0.1) is 12.0 Å². The third-order valence-electron chi connectivity index (χ3n) is 9.15. The highest BCUT2D eigenvalue weighted by molar-refractivity contribution is 5.75. The number of aliphatic carboxylic acids is 1. The minimum absolute atomic E-state index is 0.0883. The number of phenols is 1. The maximum atomic E-state index is 10.8. The quantitative estimate of drug-likeness (QED) is 0.458. The van der Waals surface area contributed by atoms with Gasteiger partial charge in [0.15, 0.2) is 0 Å². The Morgan fingerprint density at radius 3 is 2.40 bits per heavy atom. The van der Waals surface area contributed by atoms with Gasteiger partial charge in [0, 0.05) is 0 Å². The van der Waals surface area contributed by atoms with E-state index in [-0.39, 0.29) is 11.5 Å². The van der Waals surface area contributed by atoms with E-state index in [0.29, 0.717) is 23.5 Å². The number of aryl methyl sites for hydroxylation is 1. The SMILES string of the molecule is CC(C)Cc1ccc([C@H](C)C(=O)O)cc1.C[C@]12CC[C@@H]3c4ccc(O)cc4CC[C@H]3[C@@H]1CC[C@@H]2O. The molecule has 3 aliphatic rings. The molecule has 0 unspecified atom stereocenters. The number of aromatic hydroxyl groups is 1. The topological polar surface area (TPSA) is 77.8 Å². The largest absolute Gasteiger partial charge is 0.508 e. The van der Waals surface area contributed by atoms with Gasteiger partial charge in [0.25, 0.3) is 0 Å². The summed E-state index contributed by atoms with van der Waals surface area (Å²) in [6.07, 6.45) is 7.82. The first-order chi connectivity index (χ1) is 16.6. The summed E-state index contributed by atoms with van der Waals surface area (Å²) in [4.78, 5) is 10.8. The fourth-order valence-corrected chi connectivity index (χ4v) is 7.10. The number of rotatable bonds is 4. The average Bonchev–Trinajstić information content (AvgIpc) is 3.13. The van der Waals surface area contributed by atoms with Crippen LogP contribution in [0.15, 0.2) is 42.5 Å². The van der Waals surface area contributed by atoms with Crippen molar-refractivity contribution in [2.75, 3.05) is 0 Å². The number of benzene rings is 2. The Bertz CT molecular complexity index is 1030.